The molecule has 0 fully saturated rings. The Morgan fingerprint density at radius 2 is 0.625 bits per heavy atom. The van der Waals surface area contributed by atoms with Gasteiger partial charge in [-0.1, -0.05) is 6.92 Å². The van der Waals surface area contributed by atoms with Gasteiger partial charge in [0.25, 0.3) is 0 Å². The van der Waals surface area contributed by atoms with E-state index in [0.29, 0.717) is 0 Å². The van der Waals surface area contributed by atoms with Gasteiger partial charge in [0.15, 0.2) is 0 Å². The van der Waals surface area contributed by atoms with Gasteiger partial charge in [0.2, 0.25) is 0 Å². The second-order valence-electron chi connectivity index (χ2n) is 1.55. The second kappa shape index (κ2) is 102. The van der Waals surface area contributed by atoms with Gasteiger partial charge in [-0.25, -0.2) is 0 Å². The van der Waals surface area contributed by atoms with Crippen LogP contribution in [0.5, 0.6) is 0 Å². The molecule has 0 saturated heterocycles. The van der Waals surface area contributed by atoms with E-state index in [4.69, 9.17) is 25.5 Å². The van der Waals surface area contributed by atoms with E-state index >= 15 is 0 Å². The fourth-order valence-electron chi connectivity index (χ4n) is 0. The fourth-order valence-corrected chi connectivity index (χ4v) is 0. The Labute approximate surface area is 124 Å². The van der Waals surface area contributed by atoms with Crippen molar-refractivity contribution >= 4 is 0 Å². The third-order valence-corrected chi connectivity index (χ3v) is 0. The average Bonchev–Trinajstić information content (AvgIpc) is 2.09. The molecule has 0 amide bonds. The first kappa shape index (κ1) is 36.0. The largest absolute Gasteiger partial charge is 0.855 e. The quantitative estimate of drug-likeness (QED) is 0.380. The van der Waals surface area contributed by atoms with Crippen molar-refractivity contribution in [3.05, 3.63) is 0 Å². The molecule has 0 unspecified atom stereocenters. The maximum absolute atomic E-state index is 8.93. The van der Waals surface area contributed by atoms with E-state index in [9.17, 15) is 0 Å². The molecule has 0 saturated carbocycles. The molecule has 6 heteroatoms. The first-order valence-corrected chi connectivity index (χ1v) is 5.09. The van der Waals surface area contributed by atoms with Gasteiger partial charge in [0.05, 0.1) is 0 Å². The summed E-state index contributed by atoms with van der Waals surface area (Å²) in [6, 6.07) is 0. The van der Waals surface area contributed by atoms with Crippen LogP contribution in [-0.4, -0.2) is 53.5 Å². The summed E-state index contributed by atoms with van der Waals surface area (Å²) in [6.07, 6.45) is 0. The molecule has 0 aromatic rings. The molecule has 0 aliphatic heterocycles. The van der Waals surface area contributed by atoms with Gasteiger partial charge in [-0.2, -0.15) is 0 Å². The van der Waals surface area contributed by atoms with Crippen molar-refractivity contribution < 1.29 is 56.6 Å². The maximum Gasteiger partial charge on any atom is 0.0402 e. The molecule has 0 rings (SSSR count). The van der Waals surface area contributed by atoms with Gasteiger partial charge < -0.3 is 25.5 Å². The Morgan fingerprint density at radius 1 is 0.625 bits per heavy atom. The molecule has 0 bridgehead atoms. The Kier molecular flexibility index (Phi) is 229. The number of hydrogen-bond acceptors (Lipinski definition) is 5. The first-order valence-electron chi connectivity index (χ1n) is 5.09. The van der Waals surface area contributed by atoms with Gasteiger partial charge in [-0.15, -0.1) is 6.61 Å². The van der Waals surface area contributed by atoms with Crippen LogP contribution in [-0.2, 0) is 0 Å². The van der Waals surface area contributed by atoms with Crippen LogP contribution >= 0.6 is 0 Å². The molecule has 5 nitrogen and oxygen atoms in total. The van der Waals surface area contributed by atoms with Crippen molar-refractivity contribution in [2.45, 2.75) is 34.6 Å². The Morgan fingerprint density at radius 3 is 0.625 bits per heavy atom. The van der Waals surface area contributed by atoms with Crippen molar-refractivity contribution in [2.24, 2.45) is 0 Å². The molecule has 4 N–H and O–H groups in total. The van der Waals surface area contributed by atoms with Crippen LogP contribution in [0.4, 0.5) is 0 Å². The smallest absolute Gasteiger partial charge is 0.0402 e. The molecule has 104 valence electrons. The summed E-state index contributed by atoms with van der Waals surface area (Å²) in [6.45, 7) is 9.29. The van der Waals surface area contributed by atoms with Gasteiger partial charge >= 0.3 is 0 Å². The molecule has 0 aliphatic rings. The summed E-state index contributed by atoms with van der Waals surface area (Å²) in [4.78, 5) is 0. The number of hydrogen-bond donors (Lipinski definition) is 4. The standard InChI is InChI=1S/4C2H6O.C2H5O.U/c5*1-2-3;/h4*3H,2H2,1H3;2H2,1H3;/q;;;;-1;. The number of aliphatic hydroxyl groups excluding tert-OH is 4. The normalized spacial score (nSPS) is 5.62. The van der Waals surface area contributed by atoms with E-state index < -0.39 is 0 Å². The van der Waals surface area contributed by atoms with Crippen LogP contribution in [0.15, 0.2) is 0 Å². The third-order valence-electron chi connectivity index (χ3n) is 0. The molecule has 16 heavy (non-hydrogen) atoms. The van der Waals surface area contributed by atoms with Crippen molar-refractivity contribution in [3.63, 3.8) is 0 Å². The summed E-state index contributed by atoms with van der Waals surface area (Å²) >= 11 is 0. The minimum absolute atomic E-state index is 0. The molecule has 0 aromatic carbocycles. The van der Waals surface area contributed by atoms with Crippen molar-refractivity contribution in [1.82, 2.24) is 0 Å². The van der Waals surface area contributed by atoms with Crippen LogP contribution in [0.25, 0.3) is 0 Å². The molecule has 0 radical (unpaired) electrons. The molecule has 0 aliphatic carbocycles. The molecule has 0 aromatic heterocycles. The van der Waals surface area contributed by atoms with E-state index in [1.165, 1.54) is 0 Å². The van der Waals surface area contributed by atoms with Crippen LogP contribution in [0, 0.1) is 31.1 Å². The second-order valence-corrected chi connectivity index (χ2v) is 1.55. The molecular weight excluding hydrogens is 438 g/mol. The number of aliphatic hydroxyl groups is 4. The third kappa shape index (κ3) is 3930. The topological polar surface area (TPSA) is 104 Å². The van der Waals surface area contributed by atoms with Gasteiger partial charge in [-0.05, 0) is 27.7 Å². The van der Waals surface area contributed by atoms with E-state index in [1.807, 2.05) is 0 Å². The summed E-state index contributed by atoms with van der Waals surface area (Å²) in [5, 5.41) is 39.2. The Bertz CT molecular complexity index is 30.8. The number of rotatable bonds is 0. The Balaban J connectivity index is -0.0000000192. The first-order chi connectivity index (χ1) is 7.07. The zero-order valence-electron chi connectivity index (χ0n) is 11.2. The molecule has 0 spiro atoms. The fraction of sp³-hybridized carbons (Fsp3) is 1.00. The minimum Gasteiger partial charge on any atom is -0.855 e. The van der Waals surface area contributed by atoms with E-state index in [-0.39, 0.29) is 64.1 Å². The monoisotopic (exact) mass is 467 g/mol. The zero-order valence-corrected chi connectivity index (χ0v) is 15.4. The van der Waals surface area contributed by atoms with Crippen LogP contribution in [0.1, 0.15) is 34.6 Å². The summed E-state index contributed by atoms with van der Waals surface area (Å²) in [5.41, 5.74) is 0. The van der Waals surface area contributed by atoms with Crippen LogP contribution < -0.4 is 5.11 Å². The van der Waals surface area contributed by atoms with E-state index in [2.05, 4.69) is 0 Å². The summed E-state index contributed by atoms with van der Waals surface area (Å²) < 4.78 is 0. The van der Waals surface area contributed by atoms with Crippen molar-refractivity contribution in [3.8, 4) is 0 Å². The van der Waals surface area contributed by atoms with Gasteiger partial charge in [0.1, 0.15) is 0 Å². The molecule has 0 heterocycles. The SMILES string of the molecule is CCO.CCO.CCO.CCO.CC[O-].[U]. The van der Waals surface area contributed by atoms with Crippen molar-refractivity contribution in [2.75, 3.05) is 33.0 Å². The molecule has 0 atom stereocenters. The van der Waals surface area contributed by atoms with E-state index in [1.54, 1.807) is 34.6 Å². The van der Waals surface area contributed by atoms with Crippen molar-refractivity contribution in [1.29, 1.82) is 0 Å². The van der Waals surface area contributed by atoms with Gasteiger partial charge in [-0.3, -0.25) is 0 Å². The Hall–Kier alpha value is 0.852. The minimum atomic E-state index is 0. The van der Waals surface area contributed by atoms with Crippen LogP contribution in [0.3, 0.4) is 0 Å². The predicted molar refractivity (Wildman–Crippen MR) is 61.6 cm³/mol. The maximum atomic E-state index is 8.93. The van der Waals surface area contributed by atoms with Gasteiger partial charge in [0, 0.05) is 57.5 Å². The zero-order chi connectivity index (χ0) is 13.5. The summed E-state index contributed by atoms with van der Waals surface area (Å²) in [7, 11) is 0. The van der Waals surface area contributed by atoms with E-state index in [0.717, 1.165) is 0 Å². The van der Waals surface area contributed by atoms with Crippen LogP contribution in [0.2, 0.25) is 0 Å². The average molecular weight is 467 g/mol. The molecular formula is C10H29O5U-. The predicted octanol–water partition coefficient (Wildman–Crippen LogP) is -0.639. The summed E-state index contributed by atoms with van der Waals surface area (Å²) in [5.74, 6) is 0.